The maximum atomic E-state index is 11.8. The first-order chi connectivity index (χ1) is 6.95. The average molecular weight is 245 g/mol. The Morgan fingerprint density at radius 3 is 2.33 bits per heavy atom. The molecule has 0 aliphatic heterocycles. The lowest BCUT2D eigenvalue weighted by Gasteiger charge is -2.15. The number of halogens is 2. The molecule has 0 spiro atoms. The van der Waals surface area contributed by atoms with Crippen LogP contribution in [0, 0.1) is 5.92 Å². The Bertz CT molecular complexity index is 372. The Kier molecular flexibility index (Phi) is 4.18. The molecule has 0 heterocycles. The van der Waals surface area contributed by atoms with E-state index in [0.717, 1.165) is 5.56 Å². The lowest BCUT2D eigenvalue weighted by Crippen LogP contribution is -2.15. The molecule has 1 rings (SSSR count). The first kappa shape index (κ1) is 12.5. The molecule has 0 amide bonds. The van der Waals surface area contributed by atoms with Gasteiger partial charge in [0.05, 0.1) is 10.0 Å². The fourth-order valence-corrected chi connectivity index (χ4v) is 1.98. The molecule has 82 valence electrons. The summed E-state index contributed by atoms with van der Waals surface area (Å²) >= 11 is 12.0. The molecule has 3 heteroatoms. The molecular formula is C12H14Cl2O. The fourth-order valence-electron chi connectivity index (χ4n) is 1.51. The van der Waals surface area contributed by atoms with Gasteiger partial charge in [-0.25, -0.2) is 0 Å². The van der Waals surface area contributed by atoms with E-state index in [0.29, 0.717) is 10.0 Å². The molecule has 1 aromatic carbocycles. The predicted octanol–water partition coefficient (Wildman–Crippen LogP) is 4.32. The van der Waals surface area contributed by atoms with E-state index in [1.165, 1.54) is 0 Å². The number of rotatable bonds is 3. The monoisotopic (exact) mass is 244 g/mol. The summed E-state index contributed by atoms with van der Waals surface area (Å²) in [6.45, 7) is 5.63. The first-order valence-electron chi connectivity index (χ1n) is 4.92. The zero-order chi connectivity index (χ0) is 11.6. The molecule has 0 N–H and O–H groups in total. The minimum atomic E-state index is -0.198. The van der Waals surface area contributed by atoms with E-state index in [2.05, 4.69) is 0 Å². The highest BCUT2D eigenvalue weighted by molar-refractivity contribution is 6.42. The Balaban J connectivity index is 3.06. The number of ketones is 1. The van der Waals surface area contributed by atoms with Gasteiger partial charge in [-0.1, -0.05) is 56.1 Å². The Labute approximate surface area is 100 Å². The Morgan fingerprint density at radius 2 is 1.80 bits per heavy atom. The molecule has 15 heavy (non-hydrogen) atoms. The Hall–Kier alpha value is -0.530. The van der Waals surface area contributed by atoms with Crippen molar-refractivity contribution in [2.24, 2.45) is 5.92 Å². The highest BCUT2D eigenvalue weighted by atomic mass is 35.5. The van der Waals surface area contributed by atoms with Crippen LogP contribution in [0.4, 0.5) is 0 Å². The second-order valence-corrected chi connectivity index (χ2v) is 4.71. The van der Waals surface area contributed by atoms with Crippen molar-refractivity contribution in [1.82, 2.24) is 0 Å². The van der Waals surface area contributed by atoms with Crippen molar-refractivity contribution < 1.29 is 4.79 Å². The number of Topliss-reactive ketones (excluding diaryl/α,β-unsaturated/α-hetero) is 1. The highest BCUT2D eigenvalue weighted by Crippen LogP contribution is 2.32. The largest absolute Gasteiger partial charge is 0.299 e. The van der Waals surface area contributed by atoms with Gasteiger partial charge in [0.2, 0.25) is 0 Å². The summed E-state index contributed by atoms with van der Waals surface area (Å²) < 4.78 is 0. The minimum Gasteiger partial charge on any atom is -0.299 e. The maximum Gasteiger partial charge on any atom is 0.142 e. The molecule has 1 unspecified atom stereocenters. The number of carbonyl (C=O) groups excluding carboxylic acids is 1. The van der Waals surface area contributed by atoms with E-state index < -0.39 is 0 Å². The second-order valence-electron chi connectivity index (χ2n) is 3.92. The van der Waals surface area contributed by atoms with Gasteiger partial charge >= 0.3 is 0 Å². The molecule has 0 bridgehead atoms. The molecule has 1 atom stereocenters. The van der Waals surface area contributed by atoms with Crippen LogP contribution in [-0.2, 0) is 4.79 Å². The quantitative estimate of drug-likeness (QED) is 0.774. The number of hydrogen-bond donors (Lipinski definition) is 0. The molecule has 0 aliphatic carbocycles. The topological polar surface area (TPSA) is 17.1 Å². The summed E-state index contributed by atoms with van der Waals surface area (Å²) in [5.74, 6) is -0.00888. The van der Waals surface area contributed by atoms with E-state index in [9.17, 15) is 4.79 Å². The summed E-state index contributed by atoms with van der Waals surface area (Å²) in [4.78, 5) is 11.8. The van der Waals surface area contributed by atoms with E-state index in [-0.39, 0.29) is 17.6 Å². The zero-order valence-corrected chi connectivity index (χ0v) is 10.6. The van der Waals surface area contributed by atoms with Crippen molar-refractivity contribution in [3.63, 3.8) is 0 Å². The summed E-state index contributed by atoms with van der Waals surface area (Å²) in [5, 5.41) is 0.984. The van der Waals surface area contributed by atoms with Gasteiger partial charge < -0.3 is 0 Å². The van der Waals surface area contributed by atoms with Crippen LogP contribution in [0.2, 0.25) is 10.0 Å². The molecule has 0 fully saturated rings. The second kappa shape index (κ2) is 5.00. The van der Waals surface area contributed by atoms with Gasteiger partial charge in [-0.2, -0.15) is 0 Å². The van der Waals surface area contributed by atoms with Gasteiger partial charge in [0.25, 0.3) is 0 Å². The number of benzene rings is 1. The van der Waals surface area contributed by atoms with Crippen LogP contribution in [-0.4, -0.2) is 5.78 Å². The minimum absolute atomic E-state index is 0.00930. The van der Waals surface area contributed by atoms with Crippen LogP contribution in [0.15, 0.2) is 18.2 Å². The number of carbonyl (C=O) groups is 1. The van der Waals surface area contributed by atoms with Crippen LogP contribution in [0.3, 0.4) is 0 Å². The molecule has 1 aromatic rings. The molecule has 1 nitrogen and oxygen atoms in total. The Morgan fingerprint density at radius 1 is 1.20 bits per heavy atom. The lowest BCUT2D eigenvalue weighted by atomic mass is 9.90. The van der Waals surface area contributed by atoms with E-state index in [1.807, 2.05) is 32.9 Å². The standard InChI is InChI=1S/C12H14Cl2O/c1-7(2)12(15)8(3)9-5-4-6-10(13)11(9)14/h4-8H,1-3H3. The fraction of sp³-hybridized carbons (Fsp3) is 0.417. The van der Waals surface area contributed by atoms with Crippen LogP contribution >= 0.6 is 23.2 Å². The normalized spacial score (nSPS) is 12.9. The molecule has 0 radical (unpaired) electrons. The average Bonchev–Trinajstić information content (AvgIpc) is 2.20. The van der Waals surface area contributed by atoms with Crippen molar-refractivity contribution in [3.05, 3.63) is 33.8 Å². The van der Waals surface area contributed by atoms with Crippen LogP contribution in [0.1, 0.15) is 32.3 Å². The van der Waals surface area contributed by atoms with Crippen molar-refractivity contribution in [3.8, 4) is 0 Å². The smallest absolute Gasteiger partial charge is 0.142 e. The zero-order valence-electron chi connectivity index (χ0n) is 9.05. The molecular weight excluding hydrogens is 231 g/mol. The van der Waals surface area contributed by atoms with Gasteiger partial charge in [-0.3, -0.25) is 4.79 Å². The first-order valence-corrected chi connectivity index (χ1v) is 5.68. The van der Waals surface area contributed by atoms with E-state index >= 15 is 0 Å². The van der Waals surface area contributed by atoms with Crippen LogP contribution in [0.25, 0.3) is 0 Å². The third-order valence-electron chi connectivity index (χ3n) is 2.44. The van der Waals surface area contributed by atoms with Crippen molar-refractivity contribution in [1.29, 1.82) is 0 Å². The van der Waals surface area contributed by atoms with Gasteiger partial charge in [0.15, 0.2) is 0 Å². The van der Waals surface area contributed by atoms with Crippen molar-refractivity contribution in [2.45, 2.75) is 26.7 Å². The van der Waals surface area contributed by atoms with Crippen molar-refractivity contribution in [2.75, 3.05) is 0 Å². The summed E-state index contributed by atoms with van der Waals surface area (Å²) in [5.41, 5.74) is 0.808. The molecule has 0 saturated carbocycles. The third kappa shape index (κ3) is 2.73. The van der Waals surface area contributed by atoms with E-state index in [4.69, 9.17) is 23.2 Å². The van der Waals surface area contributed by atoms with Gasteiger partial charge in [0.1, 0.15) is 5.78 Å². The summed E-state index contributed by atoms with van der Waals surface area (Å²) in [6, 6.07) is 5.38. The van der Waals surface area contributed by atoms with Gasteiger partial charge in [-0.05, 0) is 11.6 Å². The van der Waals surface area contributed by atoms with Crippen molar-refractivity contribution >= 4 is 29.0 Å². The number of hydrogen-bond acceptors (Lipinski definition) is 1. The van der Waals surface area contributed by atoms with Gasteiger partial charge in [0, 0.05) is 11.8 Å². The molecule has 0 aliphatic rings. The van der Waals surface area contributed by atoms with Crippen LogP contribution < -0.4 is 0 Å². The highest BCUT2D eigenvalue weighted by Gasteiger charge is 2.21. The lowest BCUT2D eigenvalue weighted by molar-refractivity contribution is -0.123. The predicted molar refractivity (Wildman–Crippen MR) is 64.7 cm³/mol. The molecule has 0 saturated heterocycles. The summed E-state index contributed by atoms with van der Waals surface area (Å²) in [7, 11) is 0. The third-order valence-corrected chi connectivity index (χ3v) is 3.28. The maximum absolute atomic E-state index is 11.8. The summed E-state index contributed by atoms with van der Waals surface area (Å²) in [6.07, 6.45) is 0. The van der Waals surface area contributed by atoms with Gasteiger partial charge in [-0.15, -0.1) is 0 Å². The SMILES string of the molecule is CC(C)C(=O)C(C)c1cccc(Cl)c1Cl. The van der Waals surface area contributed by atoms with E-state index in [1.54, 1.807) is 6.07 Å². The molecule has 0 aromatic heterocycles. The van der Waals surface area contributed by atoms with Crippen LogP contribution in [0.5, 0.6) is 0 Å².